The van der Waals surface area contributed by atoms with E-state index in [2.05, 4.69) is 33.5 Å². The molecule has 174 valence electrons. The fourth-order valence-electron chi connectivity index (χ4n) is 4.63. The molecule has 3 aromatic rings. The quantitative estimate of drug-likeness (QED) is 0.436. The van der Waals surface area contributed by atoms with Crippen LogP contribution < -0.4 is 15.5 Å². The third-order valence-corrected chi connectivity index (χ3v) is 6.45. The maximum absolute atomic E-state index is 13.1. The summed E-state index contributed by atoms with van der Waals surface area (Å²) in [6, 6.07) is 15.4. The fourth-order valence-corrected chi connectivity index (χ4v) is 4.63. The number of benzene rings is 2. The summed E-state index contributed by atoms with van der Waals surface area (Å²) in [5, 5.41) is 7.08. The van der Waals surface area contributed by atoms with Crippen LogP contribution in [0.1, 0.15) is 50.3 Å². The summed E-state index contributed by atoms with van der Waals surface area (Å²) in [5.41, 5.74) is 4.90. The van der Waals surface area contributed by atoms with Crippen LogP contribution in [0, 0.1) is 6.92 Å². The lowest BCUT2D eigenvalue weighted by atomic mass is 10.1. The summed E-state index contributed by atoms with van der Waals surface area (Å²) in [6.45, 7) is 6.18. The number of aromatic nitrogens is 1. The van der Waals surface area contributed by atoms with Crippen LogP contribution in [0.4, 0.5) is 11.4 Å². The molecule has 1 fully saturated rings. The topological polar surface area (TPSA) is 77.2 Å². The second kappa shape index (κ2) is 10.6. The summed E-state index contributed by atoms with van der Waals surface area (Å²) >= 11 is 0. The number of nitrogens with zero attached hydrogens (tertiary/aromatic N) is 1. The molecule has 6 heteroatoms. The van der Waals surface area contributed by atoms with Crippen molar-refractivity contribution in [3.05, 3.63) is 59.8 Å². The van der Waals surface area contributed by atoms with E-state index in [-0.39, 0.29) is 18.2 Å². The van der Waals surface area contributed by atoms with E-state index in [1.807, 2.05) is 49.4 Å². The summed E-state index contributed by atoms with van der Waals surface area (Å²) < 4.78 is 0. The lowest BCUT2D eigenvalue weighted by molar-refractivity contribution is -0.126. The Morgan fingerprint density at radius 3 is 2.67 bits per heavy atom. The molecule has 1 aliphatic rings. The predicted molar refractivity (Wildman–Crippen MR) is 135 cm³/mol. The molecule has 3 N–H and O–H groups in total. The minimum absolute atomic E-state index is 0.134. The highest BCUT2D eigenvalue weighted by Crippen LogP contribution is 2.24. The first-order chi connectivity index (χ1) is 16.0. The van der Waals surface area contributed by atoms with Gasteiger partial charge in [-0.15, -0.1) is 0 Å². The Hall–Kier alpha value is -3.28. The molecule has 0 bridgehead atoms. The monoisotopic (exact) mass is 446 g/mol. The number of hydrogen-bond donors (Lipinski definition) is 3. The Morgan fingerprint density at radius 1 is 1.09 bits per heavy atom. The molecular formula is C27H34N4O2. The van der Waals surface area contributed by atoms with Crippen molar-refractivity contribution < 1.29 is 9.59 Å². The number of amides is 2. The molecule has 4 rings (SSSR count). The molecule has 1 atom stereocenters. The molecule has 1 aliphatic heterocycles. The summed E-state index contributed by atoms with van der Waals surface area (Å²) in [7, 11) is 0. The molecule has 2 amide bonds. The second-order valence-corrected chi connectivity index (χ2v) is 8.95. The zero-order valence-corrected chi connectivity index (χ0v) is 19.6. The van der Waals surface area contributed by atoms with Gasteiger partial charge in [0, 0.05) is 41.1 Å². The molecule has 2 aromatic carbocycles. The van der Waals surface area contributed by atoms with Crippen molar-refractivity contribution in [2.24, 2.45) is 0 Å². The van der Waals surface area contributed by atoms with Gasteiger partial charge in [0.15, 0.2) is 0 Å². The van der Waals surface area contributed by atoms with Gasteiger partial charge < -0.3 is 20.5 Å². The number of aromatic amines is 1. The smallest absolute Gasteiger partial charge is 0.246 e. The van der Waals surface area contributed by atoms with Gasteiger partial charge >= 0.3 is 0 Å². The first-order valence-electron chi connectivity index (χ1n) is 12.1. The number of rotatable bonds is 9. The summed E-state index contributed by atoms with van der Waals surface area (Å²) in [4.78, 5) is 31.8. The first-order valence-corrected chi connectivity index (χ1v) is 12.1. The standard InChI is InChI=1S/C27H34N4O2/c1-3-4-13-25(27(33)29-20-10-9-11-21(17-20)31-15-7-8-16-31)30-26(32)18-23-19(2)28-24-14-6-5-12-22(23)24/h5-6,9-12,14,17,25,28H,3-4,7-8,13,15-16,18H2,1-2H3,(H,29,33)(H,30,32). The van der Waals surface area contributed by atoms with Crippen LogP contribution in [-0.4, -0.2) is 35.9 Å². The van der Waals surface area contributed by atoms with Gasteiger partial charge in [0.1, 0.15) is 6.04 Å². The van der Waals surface area contributed by atoms with E-state index in [9.17, 15) is 9.59 Å². The number of aryl methyl sites for hydroxylation is 1. The van der Waals surface area contributed by atoms with Crippen LogP contribution in [0.2, 0.25) is 0 Å². The fraction of sp³-hybridized carbons (Fsp3) is 0.407. The van der Waals surface area contributed by atoms with Crippen LogP contribution >= 0.6 is 0 Å². The van der Waals surface area contributed by atoms with Crippen LogP contribution in [-0.2, 0) is 16.0 Å². The number of unbranched alkanes of at least 4 members (excludes halogenated alkanes) is 1. The Kier molecular flexibility index (Phi) is 7.33. The van der Waals surface area contributed by atoms with Gasteiger partial charge in [0.2, 0.25) is 11.8 Å². The van der Waals surface area contributed by atoms with E-state index in [1.54, 1.807) is 0 Å². The molecule has 6 nitrogen and oxygen atoms in total. The van der Waals surface area contributed by atoms with Crippen LogP contribution in [0.15, 0.2) is 48.5 Å². The van der Waals surface area contributed by atoms with Gasteiger partial charge in [-0.2, -0.15) is 0 Å². The van der Waals surface area contributed by atoms with Crippen LogP contribution in [0.3, 0.4) is 0 Å². The molecular weight excluding hydrogens is 412 g/mol. The highest BCUT2D eigenvalue weighted by atomic mass is 16.2. The van der Waals surface area contributed by atoms with Crippen molar-refractivity contribution in [2.45, 2.75) is 58.4 Å². The highest BCUT2D eigenvalue weighted by molar-refractivity contribution is 5.98. The molecule has 2 heterocycles. The number of anilines is 2. The number of carbonyl (C=O) groups is 2. The van der Waals surface area contributed by atoms with E-state index in [0.717, 1.165) is 59.5 Å². The van der Waals surface area contributed by atoms with Crippen LogP contribution in [0.5, 0.6) is 0 Å². The number of nitrogens with one attached hydrogen (secondary N) is 3. The average molecular weight is 447 g/mol. The van der Waals surface area contributed by atoms with Crippen LogP contribution in [0.25, 0.3) is 10.9 Å². The molecule has 0 saturated carbocycles. The van der Waals surface area contributed by atoms with Crippen molar-refractivity contribution in [1.82, 2.24) is 10.3 Å². The first kappa shape index (κ1) is 22.9. The minimum Gasteiger partial charge on any atom is -0.371 e. The summed E-state index contributed by atoms with van der Waals surface area (Å²) in [5.74, 6) is -0.295. The van der Waals surface area contributed by atoms with E-state index < -0.39 is 6.04 Å². The number of para-hydroxylation sites is 1. The number of fused-ring (bicyclic) bond motifs is 1. The summed E-state index contributed by atoms with van der Waals surface area (Å²) in [6.07, 6.45) is 5.11. The SMILES string of the molecule is CCCCC(NC(=O)Cc1c(C)[nH]c2ccccc12)C(=O)Nc1cccc(N2CCCC2)c1. The Bertz CT molecular complexity index is 1110. The molecule has 1 saturated heterocycles. The maximum atomic E-state index is 13.1. The lowest BCUT2D eigenvalue weighted by Crippen LogP contribution is -2.44. The minimum atomic E-state index is -0.557. The third kappa shape index (κ3) is 5.56. The Morgan fingerprint density at radius 2 is 1.88 bits per heavy atom. The van der Waals surface area contributed by atoms with Gasteiger partial charge in [-0.05, 0) is 56.0 Å². The molecule has 0 radical (unpaired) electrons. The molecule has 1 aromatic heterocycles. The number of carbonyl (C=O) groups excluding carboxylic acids is 2. The molecule has 33 heavy (non-hydrogen) atoms. The average Bonchev–Trinajstić information content (AvgIpc) is 3.45. The van der Waals surface area contributed by atoms with E-state index in [4.69, 9.17) is 0 Å². The normalized spacial score (nSPS) is 14.4. The highest BCUT2D eigenvalue weighted by Gasteiger charge is 2.22. The Labute approximate surface area is 195 Å². The van der Waals surface area contributed by atoms with Crippen molar-refractivity contribution in [1.29, 1.82) is 0 Å². The van der Waals surface area contributed by atoms with E-state index in [0.29, 0.717) is 6.42 Å². The molecule has 0 aliphatic carbocycles. The van der Waals surface area contributed by atoms with Gasteiger partial charge in [0.25, 0.3) is 0 Å². The van der Waals surface area contributed by atoms with Crippen molar-refractivity contribution >= 4 is 34.1 Å². The van der Waals surface area contributed by atoms with Gasteiger partial charge in [-0.1, -0.05) is 44.0 Å². The lowest BCUT2D eigenvalue weighted by Gasteiger charge is -2.21. The van der Waals surface area contributed by atoms with E-state index >= 15 is 0 Å². The zero-order valence-electron chi connectivity index (χ0n) is 19.6. The number of H-pyrrole nitrogens is 1. The largest absolute Gasteiger partial charge is 0.371 e. The van der Waals surface area contributed by atoms with Crippen molar-refractivity contribution in [3.8, 4) is 0 Å². The van der Waals surface area contributed by atoms with Crippen molar-refractivity contribution in [2.75, 3.05) is 23.3 Å². The number of hydrogen-bond acceptors (Lipinski definition) is 3. The van der Waals surface area contributed by atoms with Crippen molar-refractivity contribution in [3.63, 3.8) is 0 Å². The van der Waals surface area contributed by atoms with Gasteiger partial charge in [-0.25, -0.2) is 0 Å². The maximum Gasteiger partial charge on any atom is 0.246 e. The van der Waals surface area contributed by atoms with Gasteiger partial charge in [0.05, 0.1) is 6.42 Å². The zero-order chi connectivity index (χ0) is 23.2. The Balaban J connectivity index is 1.43. The van der Waals surface area contributed by atoms with Gasteiger partial charge in [-0.3, -0.25) is 9.59 Å². The molecule has 1 unspecified atom stereocenters. The second-order valence-electron chi connectivity index (χ2n) is 8.95. The van der Waals surface area contributed by atoms with E-state index in [1.165, 1.54) is 12.8 Å². The third-order valence-electron chi connectivity index (χ3n) is 6.45. The molecule has 0 spiro atoms. The predicted octanol–water partition coefficient (Wildman–Crippen LogP) is 4.93.